The molecule has 0 saturated heterocycles. The number of benzene rings is 2. The number of carbonyl (C=O) groups is 1. The average Bonchev–Trinajstić information content (AvgIpc) is 2.87. The van der Waals surface area contributed by atoms with E-state index in [0.29, 0.717) is 45.6 Å². The van der Waals surface area contributed by atoms with E-state index in [2.05, 4.69) is 38.4 Å². The topological polar surface area (TPSA) is 111 Å². The average molecular weight is 497 g/mol. The molecule has 0 atom stereocenters. The van der Waals surface area contributed by atoms with E-state index in [1.807, 2.05) is 0 Å². The summed E-state index contributed by atoms with van der Waals surface area (Å²) in [4.78, 5) is 25.7. The molecule has 2 amide bonds. The summed E-state index contributed by atoms with van der Waals surface area (Å²) in [6, 6.07) is 11.5. The Labute approximate surface area is 205 Å². The van der Waals surface area contributed by atoms with Crippen LogP contribution >= 0.6 is 12.8 Å². The lowest BCUT2D eigenvalue weighted by Crippen LogP contribution is -2.27. The fourth-order valence-electron chi connectivity index (χ4n) is 3.19. The monoisotopic (exact) mass is 496 g/mol. The van der Waals surface area contributed by atoms with Crippen LogP contribution in [0.3, 0.4) is 0 Å². The van der Waals surface area contributed by atoms with E-state index in [0.717, 1.165) is 4.31 Å². The lowest BCUT2D eigenvalue weighted by atomic mass is 10.2. The van der Waals surface area contributed by atoms with Crippen molar-refractivity contribution in [2.75, 3.05) is 36.3 Å². The van der Waals surface area contributed by atoms with Crippen LogP contribution in [-0.4, -0.2) is 42.3 Å². The highest BCUT2D eigenvalue weighted by Gasteiger charge is 2.15. The predicted octanol–water partition coefficient (Wildman–Crippen LogP) is 4.82. The van der Waals surface area contributed by atoms with Crippen LogP contribution in [0.2, 0.25) is 0 Å². The van der Waals surface area contributed by atoms with Crippen molar-refractivity contribution in [3.05, 3.63) is 60.5 Å². The van der Waals surface area contributed by atoms with Gasteiger partial charge in [-0.2, -0.15) is 0 Å². The molecule has 12 heteroatoms. The number of nitrogens with zero attached hydrogens (tertiary/aromatic N) is 4. The fourth-order valence-corrected chi connectivity index (χ4v) is 3.37. The third-order valence-corrected chi connectivity index (χ3v) is 5.26. The summed E-state index contributed by atoms with van der Waals surface area (Å²) in [7, 11) is 4.58. The molecule has 180 valence electrons. The Bertz CT molecular complexity index is 1350. The smallest absolute Gasteiger partial charge is 0.337 e. The predicted molar refractivity (Wildman–Crippen MR) is 134 cm³/mol. The molecule has 10 nitrogen and oxygen atoms in total. The quantitative estimate of drug-likeness (QED) is 0.313. The number of thiol groups is 1. The van der Waals surface area contributed by atoms with Gasteiger partial charge in [-0.3, -0.25) is 5.32 Å². The van der Waals surface area contributed by atoms with Gasteiger partial charge in [0.05, 0.1) is 33.2 Å². The summed E-state index contributed by atoms with van der Waals surface area (Å²) in [5, 5.41) is 5.76. The largest absolute Gasteiger partial charge is 0.493 e. The zero-order valence-electron chi connectivity index (χ0n) is 18.9. The lowest BCUT2D eigenvalue weighted by molar-refractivity contribution is 0.260. The first-order valence-corrected chi connectivity index (χ1v) is 10.6. The van der Waals surface area contributed by atoms with E-state index < -0.39 is 11.8 Å². The molecule has 0 aliphatic heterocycles. The van der Waals surface area contributed by atoms with Crippen LogP contribution in [-0.2, 0) is 0 Å². The molecule has 2 aromatic heterocycles. The van der Waals surface area contributed by atoms with Crippen molar-refractivity contribution < 1.29 is 23.4 Å². The van der Waals surface area contributed by atoms with E-state index in [-0.39, 0.29) is 5.82 Å². The van der Waals surface area contributed by atoms with E-state index in [4.69, 9.17) is 14.2 Å². The minimum absolute atomic E-state index is 0.239. The second-order valence-corrected chi connectivity index (χ2v) is 7.45. The van der Waals surface area contributed by atoms with E-state index >= 15 is 0 Å². The van der Waals surface area contributed by atoms with Gasteiger partial charge in [-0.15, -0.1) is 0 Å². The maximum absolute atomic E-state index is 13.1. The molecule has 0 bridgehead atoms. The van der Waals surface area contributed by atoms with Gasteiger partial charge in [-0.25, -0.2) is 28.4 Å². The van der Waals surface area contributed by atoms with E-state index in [9.17, 15) is 9.18 Å². The highest BCUT2D eigenvalue weighted by Crippen LogP contribution is 2.40. The van der Waals surface area contributed by atoms with Crippen LogP contribution in [0.15, 0.2) is 54.7 Å². The maximum Gasteiger partial charge on any atom is 0.337 e. The molecule has 4 rings (SSSR count). The minimum atomic E-state index is -0.577. The molecular weight excluding hydrogens is 475 g/mol. The molecule has 0 saturated carbocycles. The zero-order chi connectivity index (χ0) is 24.9. The van der Waals surface area contributed by atoms with Gasteiger partial charge < -0.3 is 19.5 Å². The Morgan fingerprint density at radius 3 is 2.23 bits per heavy atom. The Hall–Kier alpha value is -4.32. The van der Waals surface area contributed by atoms with Crippen LogP contribution in [0.4, 0.5) is 32.2 Å². The van der Waals surface area contributed by atoms with Gasteiger partial charge in [0.1, 0.15) is 17.2 Å². The first-order valence-electron chi connectivity index (χ1n) is 10.2. The number of anilines is 4. The van der Waals surface area contributed by atoms with Crippen molar-refractivity contribution >= 4 is 53.0 Å². The number of ether oxygens (including phenoxy) is 3. The molecule has 0 spiro atoms. The van der Waals surface area contributed by atoms with Crippen molar-refractivity contribution in [2.45, 2.75) is 0 Å². The third kappa shape index (κ3) is 5.27. The molecule has 2 aromatic carbocycles. The summed E-state index contributed by atoms with van der Waals surface area (Å²) >= 11 is 4.17. The number of hydrogen-bond donors (Lipinski definition) is 3. The number of amides is 2. The van der Waals surface area contributed by atoms with Crippen molar-refractivity contribution in [1.82, 2.24) is 15.0 Å². The zero-order valence-corrected chi connectivity index (χ0v) is 19.8. The van der Waals surface area contributed by atoms with E-state index in [1.165, 1.54) is 45.6 Å². The molecule has 0 unspecified atom stereocenters. The highest BCUT2D eigenvalue weighted by atomic mass is 32.1. The molecule has 2 N–H and O–H groups in total. The molecule has 4 aromatic rings. The number of urea groups is 1. The van der Waals surface area contributed by atoms with Crippen LogP contribution in [0, 0.1) is 5.82 Å². The van der Waals surface area contributed by atoms with Crippen molar-refractivity contribution in [3.8, 4) is 17.2 Å². The van der Waals surface area contributed by atoms with Crippen LogP contribution in [0.25, 0.3) is 11.2 Å². The number of halogens is 1. The number of fused-ring (bicyclic) bond motifs is 1. The van der Waals surface area contributed by atoms with Crippen LogP contribution in [0.5, 0.6) is 17.2 Å². The number of rotatable bonds is 7. The standard InChI is InChI=1S/C23H21FN6O4S/c1-32-17-10-14(11-18(33-2)21(17)34-3)26-20-12-25-16-8-9-19(27-22(16)28-20)29-23(31)30(35)15-6-4-13(24)5-7-15/h4-12,35H,1-3H3,(H2,26,27,28,29,31). The molecule has 2 heterocycles. The molecule has 0 aliphatic rings. The number of aromatic nitrogens is 3. The Morgan fingerprint density at radius 1 is 0.943 bits per heavy atom. The summed E-state index contributed by atoms with van der Waals surface area (Å²) in [5.74, 6) is 1.65. The van der Waals surface area contributed by atoms with Crippen LogP contribution in [0.1, 0.15) is 0 Å². The number of hydrogen-bond acceptors (Lipinski definition) is 9. The fraction of sp³-hybridized carbons (Fsp3) is 0.130. The molecular formula is C23H21FN6O4S. The number of nitrogens with one attached hydrogen (secondary N) is 2. The number of carbonyl (C=O) groups excluding carboxylic acids is 1. The summed E-state index contributed by atoms with van der Waals surface area (Å²) in [6.45, 7) is 0. The normalized spacial score (nSPS) is 10.5. The first-order chi connectivity index (χ1) is 16.9. The summed E-state index contributed by atoms with van der Waals surface area (Å²) in [6.07, 6.45) is 1.55. The van der Waals surface area contributed by atoms with E-state index in [1.54, 1.807) is 30.5 Å². The number of pyridine rings is 1. The molecule has 0 aliphatic carbocycles. The van der Waals surface area contributed by atoms with Crippen molar-refractivity contribution in [1.29, 1.82) is 0 Å². The SMILES string of the molecule is COc1cc(Nc2cnc3ccc(NC(=O)N(S)c4ccc(F)cc4)nc3n2)cc(OC)c1OC. The number of methoxy groups -OCH3 is 3. The highest BCUT2D eigenvalue weighted by molar-refractivity contribution is 7.82. The second kappa shape index (κ2) is 10.3. The van der Waals surface area contributed by atoms with Gasteiger partial charge in [0.2, 0.25) is 5.75 Å². The minimum Gasteiger partial charge on any atom is -0.493 e. The van der Waals surface area contributed by atoms with Gasteiger partial charge in [-0.1, -0.05) is 12.8 Å². The summed E-state index contributed by atoms with van der Waals surface area (Å²) < 4.78 is 30.3. The Balaban J connectivity index is 1.55. The first kappa shape index (κ1) is 23.8. The summed E-state index contributed by atoms with van der Waals surface area (Å²) in [5.41, 5.74) is 1.85. The molecule has 35 heavy (non-hydrogen) atoms. The van der Waals surface area contributed by atoms with Crippen molar-refractivity contribution in [2.24, 2.45) is 0 Å². The van der Waals surface area contributed by atoms with Gasteiger partial charge in [-0.05, 0) is 36.4 Å². The lowest BCUT2D eigenvalue weighted by Gasteiger charge is -2.16. The Morgan fingerprint density at radius 2 is 1.60 bits per heavy atom. The van der Waals surface area contributed by atoms with Gasteiger partial charge in [0.25, 0.3) is 0 Å². The van der Waals surface area contributed by atoms with Gasteiger partial charge in [0.15, 0.2) is 23.0 Å². The maximum atomic E-state index is 13.1. The van der Waals surface area contributed by atoms with Gasteiger partial charge in [0, 0.05) is 17.8 Å². The second-order valence-electron chi connectivity index (χ2n) is 7.05. The third-order valence-electron chi connectivity index (χ3n) is 4.84. The Kier molecular flexibility index (Phi) is 7.01. The van der Waals surface area contributed by atoms with Gasteiger partial charge >= 0.3 is 6.03 Å². The molecule has 0 radical (unpaired) electrons. The van der Waals surface area contributed by atoms with Crippen molar-refractivity contribution in [3.63, 3.8) is 0 Å². The van der Waals surface area contributed by atoms with Crippen LogP contribution < -0.4 is 29.1 Å². The molecule has 0 fully saturated rings.